The van der Waals surface area contributed by atoms with Gasteiger partial charge >= 0.3 is 0 Å². The number of aromatic nitrogens is 4. The smallest absolute Gasteiger partial charge is 0.261 e. The minimum absolute atomic E-state index is 0.0819. The van der Waals surface area contributed by atoms with Gasteiger partial charge in [-0.2, -0.15) is 5.10 Å². The lowest BCUT2D eigenvalue weighted by Crippen LogP contribution is -2.38. The first-order valence-corrected chi connectivity index (χ1v) is 10.1. The molecule has 28 heavy (non-hydrogen) atoms. The third-order valence-corrected chi connectivity index (χ3v) is 5.66. The third-order valence-electron chi connectivity index (χ3n) is 4.46. The van der Waals surface area contributed by atoms with E-state index >= 15 is 0 Å². The molecule has 0 spiro atoms. The molecule has 0 unspecified atom stereocenters. The highest BCUT2D eigenvalue weighted by molar-refractivity contribution is 7.12. The summed E-state index contributed by atoms with van der Waals surface area (Å²) in [6.07, 6.45) is 4.90. The molecule has 1 aliphatic rings. The second-order valence-electron chi connectivity index (χ2n) is 6.41. The molecule has 0 radical (unpaired) electrons. The van der Waals surface area contributed by atoms with Crippen LogP contribution in [0, 0.1) is 0 Å². The van der Waals surface area contributed by atoms with Crippen LogP contribution in [0.2, 0.25) is 5.02 Å². The summed E-state index contributed by atoms with van der Waals surface area (Å²) in [5, 5.41) is 12.6. The van der Waals surface area contributed by atoms with Gasteiger partial charge in [0, 0.05) is 43.3 Å². The van der Waals surface area contributed by atoms with E-state index in [4.69, 9.17) is 16.3 Å². The number of nitrogens with one attached hydrogen (secondary N) is 2. The summed E-state index contributed by atoms with van der Waals surface area (Å²) < 4.78 is 7.01. The Morgan fingerprint density at radius 2 is 2.21 bits per heavy atom. The van der Waals surface area contributed by atoms with E-state index in [1.165, 1.54) is 11.3 Å². The Hall–Kier alpha value is -2.49. The van der Waals surface area contributed by atoms with Crippen molar-refractivity contribution < 1.29 is 9.53 Å². The second kappa shape index (κ2) is 8.26. The van der Waals surface area contributed by atoms with Crippen LogP contribution in [-0.4, -0.2) is 44.9 Å². The maximum atomic E-state index is 12.5. The number of hydrogen-bond donors (Lipinski definition) is 2. The van der Waals surface area contributed by atoms with Gasteiger partial charge in [-0.05, 0) is 18.9 Å². The average molecular weight is 419 g/mol. The molecule has 1 aliphatic heterocycles. The van der Waals surface area contributed by atoms with Crippen molar-refractivity contribution in [1.82, 2.24) is 25.1 Å². The van der Waals surface area contributed by atoms with Crippen LogP contribution in [0.1, 0.15) is 22.5 Å². The van der Waals surface area contributed by atoms with Gasteiger partial charge in [0.2, 0.25) is 5.95 Å². The molecule has 10 heteroatoms. The number of carbonyl (C=O) groups is 1. The fourth-order valence-electron chi connectivity index (χ4n) is 2.92. The summed E-state index contributed by atoms with van der Waals surface area (Å²) in [6, 6.07) is 3.78. The van der Waals surface area contributed by atoms with E-state index in [-0.39, 0.29) is 11.9 Å². The monoisotopic (exact) mass is 418 g/mol. The summed E-state index contributed by atoms with van der Waals surface area (Å²) in [4.78, 5) is 21.9. The van der Waals surface area contributed by atoms with E-state index in [2.05, 4.69) is 25.7 Å². The van der Waals surface area contributed by atoms with Crippen molar-refractivity contribution in [3.63, 3.8) is 0 Å². The second-order valence-corrected chi connectivity index (χ2v) is 7.73. The van der Waals surface area contributed by atoms with Crippen LogP contribution >= 0.6 is 22.9 Å². The number of thiophene rings is 1. The molecule has 3 aromatic rings. The predicted octanol–water partition coefficient (Wildman–Crippen LogP) is 3.24. The number of rotatable bonds is 5. The maximum absolute atomic E-state index is 12.5. The molecule has 0 bridgehead atoms. The van der Waals surface area contributed by atoms with Crippen molar-refractivity contribution in [3.05, 3.63) is 39.8 Å². The average Bonchev–Trinajstić information content (AvgIpc) is 3.34. The minimum atomic E-state index is -0.0819. The van der Waals surface area contributed by atoms with Crippen molar-refractivity contribution in [2.45, 2.75) is 18.9 Å². The van der Waals surface area contributed by atoms with Crippen LogP contribution in [0.25, 0.3) is 11.3 Å². The lowest BCUT2D eigenvalue weighted by atomic mass is 10.1. The zero-order valence-electron chi connectivity index (χ0n) is 15.2. The highest BCUT2D eigenvalue weighted by Crippen LogP contribution is 2.30. The molecule has 4 heterocycles. The normalized spacial score (nSPS) is 14.8. The zero-order valence-corrected chi connectivity index (χ0v) is 16.8. The summed E-state index contributed by atoms with van der Waals surface area (Å²) in [5.74, 6) is 1.08. The van der Waals surface area contributed by atoms with Gasteiger partial charge in [0.05, 0.1) is 28.0 Å². The molecule has 2 N–H and O–H groups in total. The first kappa shape index (κ1) is 18.9. The largest absolute Gasteiger partial charge is 0.381 e. The topological polar surface area (TPSA) is 94.0 Å². The molecule has 0 aliphatic carbocycles. The van der Waals surface area contributed by atoms with E-state index in [0.29, 0.717) is 34.8 Å². The Balaban J connectivity index is 1.51. The highest BCUT2D eigenvalue weighted by atomic mass is 35.5. The predicted molar refractivity (Wildman–Crippen MR) is 108 cm³/mol. The molecule has 4 rings (SSSR count). The van der Waals surface area contributed by atoms with Gasteiger partial charge in [-0.15, -0.1) is 11.3 Å². The summed E-state index contributed by atoms with van der Waals surface area (Å²) in [7, 11) is 1.82. The fraction of sp³-hybridized carbons (Fsp3) is 0.333. The van der Waals surface area contributed by atoms with E-state index in [9.17, 15) is 4.79 Å². The van der Waals surface area contributed by atoms with Crippen LogP contribution in [0.3, 0.4) is 0 Å². The van der Waals surface area contributed by atoms with E-state index in [0.717, 1.165) is 24.2 Å². The quantitative estimate of drug-likeness (QED) is 0.660. The minimum Gasteiger partial charge on any atom is -0.381 e. The molecular formula is C18H19ClN6O2S. The first-order chi connectivity index (χ1) is 13.6. The molecule has 3 aromatic heterocycles. The summed E-state index contributed by atoms with van der Waals surface area (Å²) in [5.41, 5.74) is 1.35. The van der Waals surface area contributed by atoms with E-state index in [1.807, 2.05) is 18.5 Å². The summed E-state index contributed by atoms with van der Waals surface area (Å²) >= 11 is 7.67. The van der Waals surface area contributed by atoms with Gasteiger partial charge in [0.1, 0.15) is 5.82 Å². The Morgan fingerprint density at radius 1 is 1.39 bits per heavy atom. The Bertz CT molecular complexity index is 982. The lowest BCUT2D eigenvalue weighted by Gasteiger charge is -2.22. The molecule has 8 nitrogen and oxygen atoms in total. The van der Waals surface area contributed by atoms with Crippen LogP contribution in [0.4, 0.5) is 11.8 Å². The van der Waals surface area contributed by atoms with Gasteiger partial charge in [-0.3, -0.25) is 9.48 Å². The fourth-order valence-corrected chi connectivity index (χ4v) is 3.91. The Labute approximate surface area is 170 Å². The van der Waals surface area contributed by atoms with Gasteiger partial charge in [-0.25, -0.2) is 9.97 Å². The van der Waals surface area contributed by atoms with Crippen LogP contribution in [0.15, 0.2) is 29.9 Å². The number of anilines is 2. The van der Waals surface area contributed by atoms with Crippen molar-refractivity contribution >= 4 is 40.6 Å². The molecule has 146 valence electrons. The van der Waals surface area contributed by atoms with E-state index < -0.39 is 0 Å². The summed E-state index contributed by atoms with van der Waals surface area (Å²) in [6.45, 7) is 1.37. The number of halogens is 1. The molecular weight excluding hydrogens is 400 g/mol. The standard InChI is InChI=1S/C18H19ClN6O2S/c1-25-15(2-5-21-25)23-18-20-9-13(19)16(24-18)11-8-14(28-10-11)17(26)22-12-3-6-27-7-4-12/h2,5,8-10,12H,3-4,6-7H2,1H3,(H,22,26)(H,20,23,24). The van der Waals surface area contributed by atoms with Crippen LogP contribution in [0.5, 0.6) is 0 Å². The Morgan fingerprint density at radius 3 is 2.96 bits per heavy atom. The lowest BCUT2D eigenvalue weighted by molar-refractivity contribution is 0.0698. The highest BCUT2D eigenvalue weighted by Gasteiger charge is 2.19. The van der Waals surface area contributed by atoms with Gasteiger partial charge in [0.15, 0.2) is 0 Å². The number of hydrogen-bond acceptors (Lipinski definition) is 7. The first-order valence-electron chi connectivity index (χ1n) is 8.85. The molecule has 1 saturated heterocycles. The van der Waals surface area contributed by atoms with Crippen molar-refractivity contribution in [2.24, 2.45) is 7.05 Å². The number of ether oxygens (including phenoxy) is 1. The SMILES string of the molecule is Cn1nccc1Nc1ncc(Cl)c(-c2csc(C(=O)NC3CCOCC3)c2)n1. The third kappa shape index (κ3) is 4.16. The molecule has 1 amide bonds. The van der Waals surface area contributed by atoms with Gasteiger partial charge in [0.25, 0.3) is 5.91 Å². The van der Waals surface area contributed by atoms with E-state index in [1.54, 1.807) is 23.1 Å². The maximum Gasteiger partial charge on any atom is 0.261 e. The van der Waals surface area contributed by atoms with Crippen LogP contribution in [-0.2, 0) is 11.8 Å². The molecule has 1 fully saturated rings. The Kier molecular flexibility index (Phi) is 5.56. The van der Waals surface area contributed by atoms with Gasteiger partial charge in [-0.1, -0.05) is 11.6 Å². The molecule has 0 aromatic carbocycles. The zero-order chi connectivity index (χ0) is 19.5. The molecule has 0 saturated carbocycles. The van der Waals surface area contributed by atoms with Gasteiger partial charge < -0.3 is 15.4 Å². The van der Waals surface area contributed by atoms with Crippen molar-refractivity contribution in [1.29, 1.82) is 0 Å². The number of nitrogens with zero attached hydrogens (tertiary/aromatic N) is 4. The number of aryl methyl sites for hydroxylation is 1. The van der Waals surface area contributed by atoms with Crippen LogP contribution < -0.4 is 10.6 Å². The molecule has 0 atom stereocenters. The van der Waals surface area contributed by atoms with Crippen molar-refractivity contribution in [3.8, 4) is 11.3 Å². The van der Waals surface area contributed by atoms with Crippen molar-refractivity contribution in [2.75, 3.05) is 18.5 Å². The number of carbonyl (C=O) groups excluding carboxylic acids is 1. The number of amides is 1.